The lowest BCUT2D eigenvalue weighted by Crippen LogP contribution is -2.39. The Kier molecular flexibility index (Phi) is 6.85. The molecule has 0 saturated heterocycles. The Bertz CT molecular complexity index is 705. The van der Waals surface area contributed by atoms with Gasteiger partial charge in [0, 0.05) is 23.2 Å². The van der Waals surface area contributed by atoms with Crippen LogP contribution in [-0.2, 0) is 6.54 Å². The minimum atomic E-state index is 0. The van der Waals surface area contributed by atoms with Gasteiger partial charge in [0.05, 0.1) is 0 Å². The molecule has 1 fully saturated rings. The normalized spacial score (nSPS) is 19.5. The number of hydrogen-bond acceptors (Lipinski definition) is 4. The number of halogens is 2. The van der Waals surface area contributed by atoms with Crippen LogP contribution in [0.5, 0.6) is 0 Å². The lowest BCUT2D eigenvalue weighted by Gasteiger charge is -2.09. The Balaban J connectivity index is 0.00000208. The summed E-state index contributed by atoms with van der Waals surface area (Å²) in [5.41, 5.74) is 0.827. The smallest absolute Gasteiger partial charge is 0.248 e. The second-order valence-electron chi connectivity index (χ2n) is 5.68. The molecule has 1 aliphatic carbocycles. The first-order chi connectivity index (χ1) is 11.2. The third kappa shape index (κ3) is 5.07. The Labute approximate surface area is 163 Å². The largest absolute Gasteiger partial charge is 0.357 e. The molecule has 8 heteroatoms. The van der Waals surface area contributed by atoms with Gasteiger partial charge in [0.25, 0.3) is 0 Å². The van der Waals surface area contributed by atoms with Crippen molar-refractivity contribution in [3.63, 3.8) is 0 Å². The summed E-state index contributed by atoms with van der Waals surface area (Å²) in [7, 11) is 0. The first-order valence-corrected chi connectivity index (χ1v) is 8.17. The quantitative estimate of drug-likeness (QED) is 0.405. The second-order valence-corrected chi connectivity index (χ2v) is 6.12. The predicted molar refractivity (Wildman–Crippen MR) is 106 cm³/mol. The highest BCUT2D eigenvalue weighted by atomic mass is 127. The molecule has 1 aromatic heterocycles. The van der Waals surface area contributed by atoms with Gasteiger partial charge in [-0.15, -0.1) is 24.0 Å². The van der Waals surface area contributed by atoms with Crippen molar-refractivity contribution in [1.29, 1.82) is 0 Å². The molecule has 130 valence electrons. The second kappa shape index (κ2) is 8.66. The van der Waals surface area contributed by atoms with Gasteiger partial charge >= 0.3 is 0 Å². The molecule has 0 spiro atoms. The number of benzene rings is 1. The van der Waals surface area contributed by atoms with Crippen LogP contribution < -0.4 is 10.6 Å². The van der Waals surface area contributed by atoms with Crippen LogP contribution in [0, 0.1) is 5.92 Å². The Hall–Kier alpha value is -1.35. The van der Waals surface area contributed by atoms with Crippen molar-refractivity contribution in [3.8, 4) is 11.4 Å². The van der Waals surface area contributed by atoms with Gasteiger partial charge in [-0.25, -0.2) is 4.99 Å². The number of aromatic nitrogens is 2. The molecule has 0 radical (unpaired) electrons. The van der Waals surface area contributed by atoms with Crippen LogP contribution in [0.1, 0.15) is 26.2 Å². The number of rotatable bonds is 5. The first kappa shape index (κ1) is 19.0. The van der Waals surface area contributed by atoms with Gasteiger partial charge in [0.2, 0.25) is 11.7 Å². The molecule has 1 aromatic carbocycles. The van der Waals surface area contributed by atoms with Gasteiger partial charge in [-0.3, -0.25) is 0 Å². The highest BCUT2D eigenvalue weighted by Gasteiger charge is 2.33. The minimum absolute atomic E-state index is 0. The Morgan fingerprint density at radius 2 is 2.25 bits per heavy atom. The van der Waals surface area contributed by atoms with Crippen LogP contribution in [-0.4, -0.2) is 28.7 Å². The maximum absolute atomic E-state index is 5.98. The number of nitrogens with one attached hydrogen (secondary N) is 2. The van der Waals surface area contributed by atoms with E-state index in [0.29, 0.717) is 35.2 Å². The molecule has 2 aromatic rings. The van der Waals surface area contributed by atoms with Gasteiger partial charge < -0.3 is 15.2 Å². The number of nitrogens with zero attached hydrogens (tertiary/aromatic N) is 3. The maximum atomic E-state index is 5.98. The fraction of sp³-hybridized carbons (Fsp3) is 0.438. The fourth-order valence-corrected chi connectivity index (χ4v) is 2.42. The monoisotopic (exact) mass is 461 g/mol. The summed E-state index contributed by atoms with van der Waals surface area (Å²) in [4.78, 5) is 8.86. The zero-order valence-corrected chi connectivity index (χ0v) is 16.7. The summed E-state index contributed by atoms with van der Waals surface area (Å²) in [5, 5.41) is 11.2. The summed E-state index contributed by atoms with van der Waals surface area (Å²) in [6.07, 6.45) is 1.18. The van der Waals surface area contributed by atoms with Crippen molar-refractivity contribution in [2.24, 2.45) is 10.9 Å². The van der Waals surface area contributed by atoms with Crippen LogP contribution in [0.15, 0.2) is 33.8 Å². The molecule has 24 heavy (non-hydrogen) atoms. The van der Waals surface area contributed by atoms with Crippen LogP contribution in [0.2, 0.25) is 5.02 Å². The molecule has 2 N–H and O–H groups in total. The van der Waals surface area contributed by atoms with Crippen LogP contribution in [0.25, 0.3) is 11.4 Å². The van der Waals surface area contributed by atoms with E-state index < -0.39 is 0 Å². The van der Waals surface area contributed by atoms with E-state index in [-0.39, 0.29) is 24.0 Å². The van der Waals surface area contributed by atoms with Gasteiger partial charge in [-0.2, -0.15) is 4.98 Å². The molecular formula is C16H21ClIN5O. The lowest BCUT2D eigenvalue weighted by molar-refractivity contribution is 0.380. The van der Waals surface area contributed by atoms with Crippen LogP contribution in [0.3, 0.4) is 0 Å². The summed E-state index contributed by atoms with van der Waals surface area (Å²) >= 11 is 5.98. The molecule has 1 aliphatic rings. The van der Waals surface area contributed by atoms with E-state index in [1.807, 2.05) is 25.1 Å². The fourth-order valence-electron chi connectivity index (χ4n) is 2.23. The van der Waals surface area contributed by atoms with Gasteiger partial charge in [0.15, 0.2) is 5.96 Å². The zero-order chi connectivity index (χ0) is 16.2. The van der Waals surface area contributed by atoms with E-state index in [0.717, 1.165) is 18.1 Å². The SMILES string of the molecule is CCNC(=NCc1nc(-c2cccc(Cl)c2)no1)NC1CC1C.I. The molecule has 0 aliphatic heterocycles. The molecule has 1 heterocycles. The maximum Gasteiger partial charge on any atom is 0.248 e. The van der Waals surface area contributed by atoms with Gasteiger partial charge in [-0.1, -0.05) is 35.8 Å². The highest BCUT2D eigenvalue weighted by Crippen LogP contribution is 2.28. The summed E-state index contributed by atoms with van der Waals surface area (Å²) in [6.45, 7) is 5.41. The van der Waals surface area contributed by atoms with Crippen molar-refractivity contribution >= 4 is 41.5 Å². The number of hydrogen-bond donors (Lipinski definition) is 2. The van der Waals surface area contributed by atoms with E-state index >= 15 is 0 Å². The zero-order valence-electron chi connectivity index (χ0n) is 13.6. The van der Waals surface area contributed by atoms with E-state index in [4.69, 9.17) is 16.1 Å². The van der Waals surface area contributed by atoms with Crippen molar-refractivity contribution in [2.75, 3.05) is 6.54 Å². The molecule has 3 rings (SSSR count). The third-order valence-corrected chi connectivity index (χ3v) is 3.93. The van der Waals surface area contributed by atoms with E-state index in [1.165, 1.54) is 6.42 Å². The summed E-state index contributed by atoms with van der Waals surface area (Å²) in [6, 6.07) is 7.88. The summed E-state index contributed by atoms with van der Waals surface area (Å²) < 4.78 is 5.26. The predicted octanol–water partition coefficient (Wildman–Crippen LogP) is 3.47. The Morgan fingerprint density at radius 3 is 2.92 bits per heavy atom. The molecule has 2 atom stereocenters. The van der Waals surface area contributed by atoms with Gasteiger partial charge in [-0.05, 0) is 31.4 Å². The van der Waals surface area contributed by atoms with E-state index in [2.05, 4.69) is 32.7 Å². The number of guanidine groups is 1. The molecule has 6 nitrogen and oxygen atoms in total. The Morgan fingerprint density at radius 1 is 1.46 bits per heavy atom. The molecular weight excluding hydrogens is 441 g/mol. The lowest BCUT2D eigenvalue weighted by atomic mass is 10.2. The highest BCUT2D eigenvalue weighted by molar-refractivity contribution is 14.0. The topological polar surface area (TPSA) is 75.3 Å². The minimum Gasteiger partial charge on any atom is -0.357 e. The molecule has 0 amide bonds. The molecule has 0 bridgehead atoms. The van der Waals surface area contributed by atoms with Crippen molar-refractivity contribution < 1.29 is 4.52 Å². The molecule has 1 saturated carbocycles. The average Bonchev–Trinajstić information content (AvgIpc) is 3.03. The van der Waals surface area contributed by atoms with E-state index in [1.54, 1.807) is 6.07 Å². The average molecular weight is 462 g/mol. The third-order valence-electron chi connectivity index (χ3n) is 3.70. The van der Waals surface area contributed by atoms with E-state index in [9.17, 15) is 0 Å². The number of aliphatic imine (C=N–C) groups is 1. The van der Waals surface area contributed by atoms with Crippen LogP contribution in [0.4, 0.5) is 0 Å². The van der Waals surface area contributed by atoms with Crippen molar-refractivity contribution in [1.82, 2.24) is 20.8 Å². The standard InChI is InChI=1S/C16H20ClN5O.HI/c1-3-18-16(20-13-7-10(13)2)19-9-14-21-15(22-23-14)11-5-4-6-12(17)8-11;/h4-6,8,10,13H,3,7,9H2,1-2H3,(H2,18,19,20);1H. The first-order valence-electron chi connectivity index (χ1n) is 7.79. The van der Waals surface area contributed by atoms with Gasteiger partial charge in [0.1, 0.15) is 6.54 Å². The van der Waals surface area contributed by atoms with Crippen LogP contribution >= 0.6 is 35.6 Å². The summed E-state index contributed by atoms with van der Waals surface area (Å²) in [5.74, 6) is 2.48. The van der Waals surface area contributed by atoms with Crippen molar-refractivity contribution in [3.05, 3.63) is 35.2 Å². The molecule has 2 unspecified atom stereocenters. The van der Waals surface area contributed by atoms with Crippen molar-refractivity contribution in [2.45, 2.75) is 32.9 Å².